The van der Waals surface area contributed by atoms with Crippen molar-refractivity contribution < 1.29 is 18.6 Å². The van der Waals surface area contributed by atoms with Crippen molar-refractivity contribution in [3.63, 3.8) is 0 Å². The summed E-state index contributed by atoms with van der Waals surface area (Å²) in [4.78, 5) is 3.85. The Morgan fingerprint density at radius 3 is 2.71 bits per heavy atom. The first-order valence-corrected chi connectivity index (χ1v) is 11.1. The van der Waals surface area contributed by atoms with Crippen LogP contribution < -0.4 is 0 Å². The molecular formula is C23H21Cl2F2N5O2. The predicted molar refractivity (Wildman–Crippen MR) is 122 cm³/mol. The van der Waals surface area contributed by atoms with E-state index in [0.29, 0.717) is 22.3 Å². The van der Waals surface area contributed by atoms with Crippen molar-refractivity contribution in [3.8, 4) is 0 Å². The van der Waals surface area contributed by atoms with Crippen molar-refractivity contribution in [2.45, 2.75) is 38.3 Å². The molecule has 4 rings (SSSR count). The monoisotopic (exact) mass is 507 g/mol. The number of hydrogen-bond acceptors (Lipinski definition) is 5. The fraction of sp³-hybridized carbons (Fsp3) is 0.261. The van der Waals surface area contributed by atoms with E-state index in [0.717, 1.165) is 17.7 Å². The maximum Gasteiger partial charge on any atom is 0.138 e. The maximum absolute atomic E-state index is 14.6. The number of halogens is 4. The molecule has 2 heterocycles. The second-order valence-electron chi connectivity index (χ2n) is 7.81. The van der Waals surface area contributed by atoms with E-state index in [1.54, 1.807) is 29.9 Å². The van der Waals surface area contributed by atoms with Crippen LogP contribution in [0.5, 0.6) is 0 Å². The van der Waals surface area contributed by atoms with Gasteiger partial charge >= 0.3 is 0 Å². The topological polar surface area (TPSA) is 78.0 Å². The normalized spacial score (nSPS) is 14.2. The summed E-state index contributed by atoms with van der Waals surface area (Å²) in [6.45, 7) is 1.90. The van der Waals surface area contributed by atoms with E-state index >= 15 is 0 Å². The van der Waals surface area contributed by atoms with Crippen LogP contribution in [-0.4, -0.2) is 35.8 Å². The van der Waals surface area contributed by atoms with Crippen LogP contribution in [-0.2, 0) is 30.0 Å². The molecule has 34 heavy (non-hydrogen) atoms. The molecule has 2 aromatic heterocycles. The van der Waals surface area contributed by atoms with Crippen molar-refractivity contribution in [1.29, 1.82) is 0 Å². The number of aliphatic hydroxyl groups is 1. The van der Waals surface area contributed by atoms with E-state index in [4.69, 9.17) is 27.9 Å². The quantitative estimate of drug-likeness (QED) is 0.358. The van der Waals surface area contributed by atoms with Gasteiger partial charge in [-0.25, -0.2) is 18.4 Å². The highest BCUT2D eigenvalue weighted by molar-refractivity contribution is 6.42. The van der Waals surface area contributed by atoms with Gasteiger partial charge in [0.15, 0.2) is 0 Å². The molecule has 0 radical (unpaired) electrons. The molecule has 2 atom stereocenters. The van der Waals surface area contributed by atoms with Crippen LogP contribution in [0.25, 0.3) is 0 Å². The summed E-state index contributed by atoms with van der Waals surface area (Å²) in [6, 6.07) is 10.1. The van der Waals surface area contributed by atoms with Crippen molar-refractivity contribution in [2.75, 3.05) is 0 Å². The van der Waals surface area contributed by atoms with Gasteiger partial charge in [0.05, 0.1) is 41.5 Å². The highest BCUT2D eigenvalue weighted by Crippen LogP contribution is 2.32. The van der Waals surface area contributed by atoms with Gasteiger partial charge in [-0.3, -0.25) is 4.68 Å². The number of hydrogen-bond donors (Lipinski definition) is 1. The minimum absolute atomic E-state index is 0.0416. The zero-order chi connectivity index (χ0) is 24.3. The third-order valence-electron chi connectivity index (χ3n) is 5.48. The van der Waals surface area contributed by atoms with Crippen LogP contribution in [0.2, 0.25) is 10.0 Å². The van der Waals surface area contributed by atoms with Gasteiger partial charge in [-0.1, -0.05) is 41.4 Å². The van der Waals surface area contributed by atoms with Crippen molar-refractivity contribution >= 4 is 23.2 Å². The Labute approximate surface area is 204 Å². The number of nitrogens with zero attached hydrogens (tertiary/aromatic N) is 5. The lowest BCUT2D eigenvalue weighted by atomic mass is 9.88. The van der Waals surface area contributed by atoms with E-state index in [1.165, 1.54) is 23.4 Å². The molecule has 0 aliphatic rings. The minimum Gasteiger partial charge on any atom is -0.380 e. The van der Waals surface area contributed by atoms with Gasteiger partial charge in [0.2, 0.25) is 0 Å². The molecule has 0 unspecified atom stereocenters. The molecule has 1 N–H and O–H groups in total. The molecule has 7 nitrogen and oxygen atoms in total. The standard InChI is InChI=1S/C23H21Cl2F2N5O2/c1-15(23(33,12-32-14-28-13-29-32)19-6-5-17(26)9-21(19)27)34-11-18-7-8-31(30-18)10-16-3-2-4-20(24)22(16)25/h2-9,13-15,33H,10-12H2,1H3/t15-,23-/m1/s1. The summed E-state index contributed by atoms with van der Waals surface area (Å²) < 4.78 is 37.0. The number of rotatable bonds is 9. The van der Waals surface area contributed by atoms with Crippen molar-refractivity contribution in [3.05, 3.63) is 99.8 Å². The summed E-state index contributed by atoms with van der Waals surface area (Å²) in [5.41, 5.74) is -0.569. The van der Waals surface area contributed by atoms with Gasteiger partial charge < -0.3 is 9.84 Å². The molecule has 2 aromatic carbocycles. The minimum atomic E-state index is -1.86. The predicted octanol–water partition coefficient (Wildman–Crippen LogP) is 4.60. The van der Waals surface area contributed by atoms with Gasteiger partial charge in [0.25, 0.3) is 0 Å². The molecule has 0 bridgehead atoms. The zero-order valence-electron chi connectivity index (χ0n) is 18.1. The third-order valence-corrected chi connectivity index (χ3v) is 6.34. The van der Waals surface area contributed by atoms with E-state index in [2.05, 4.69) is 15.2 Å². The number of benzene rings is 2. The van der Waals surface area contributed by atoms with Gasteiger partial charge in [0.1, 0.15) is 29.9 Å². The average molecular weight is 508 g/mol. The van der Waals surface area contributed by atoms with Crippen LogP contribution in [0.1, 0.15) is 23.7 Å². The first-order valence-electron chi connectivity index (χ1n) is 10.3. The van der Waals surface area contributed by atoms with Crippen LogP contribution in [0.4, 0.5) is 8.78 Å². The molecule has 0 fully saturated rings. The van der Waals surface area contributed by atoms with Gasteiger partial charge in [-0.05, 0) is 30.7 Å². The Morgan fingerprint density at radius 2 is 1.97 bits per heavy atom. The second-order valence-corrected chi connectivity index (χ2v) is 8.60. The summed E-state index contributed by atoms with van der Waals surface area (Å²) in [5.74, 6) is -1.64. The van der Waals surface area contributed by atoms with Crippen LogP contribution >= 0.6 is 23.2 Å². The molecule has 178 valence electrons. The Bertz CT molecular complexity index is 1270. The number of aromatic nitrogens is 5. The van der Waals surface area contributed by atoms with Crippen molar-refractivity contribution in [1.82, 2.24) is 24.5 Å². The van der Waals surface area contributed by atoms with E-state index < -0.39 is 23.3 Å². The highest BCUT2D eigenvalue weighted by Gasteiger charge is 2.40. The Kier molecular flexibility index (Phi) is 7.27. The largest absolute Gasteiger partial charge is 0.380 e. The molecule has 11 heteroatoms. The average Bonchev–Trinajstić information content (AvgIpc) is 3.47. The van der Waals surface area contributed by atoms with E-state index in [-0.39, 0.29) is 18.7 Å². The van der Waals surface area contributed by atoms with Crippen LogP contribution in [0, 0.1) is 11.6 Å². The maximum atomic E-state index is 14.6. The van der Waals surface area contributed by atoms with Gasteiger partial charge in [-0.15, -0.1) is 0 Å². The smallest absolute Gasteiger partial charge is 0.138 e. The van der Waals surface area contributed by atoms with E-state index in [1.807, 2.05) is 12.1 Å². The lowest BCUT2D eigenvalue weighted by Gasteiger charge is -2.34. The van der Waals surface area contributed by atoms with Gasteiger partial charge in [-0.2, -0.15) is 10.2 Å². The molecule has 0 saturated heterocycles. The SMILES string of the molecule is C[C@@H](OCc1ccn(Cc2cccc(Cl)c2Cl)n1)[C@](O)(Cn1cncn1)c1ccc(F)cc1F. The summed E-state index contributed by atoms with van der Waals surface area (Å²) in [6.07, 6.45) is 3.54. The number of ether oxygens (including phenoxy) is 1. The Hall–Kier alpha value is -2.85. The van der Waals surface area contributed by atoms with Crippen molar-refractivity contribution in [2.24, 2.45) is 0 Å². The highest BCUT2D eigenvalue weighted by atomic mass is 35.5. The van der Waals surface area contributed by atoms with E-state index in [9.17, 15) is 13.9 Å². The molecule has 0 spiro atoms. The van der Waals surface area contributed by atoms with Crippen LogP contribution in [0.3, 0.4) is 0 Å². The van der Waals surface area contributed by atoms with Crippen LogP contribution in [0.15, 0.2) is 61.3 Å². The van der Waals surface area contributed by atoms with Gasteiger partial charge in [0, 0.05) is 17.8 Å². The third kappa shape index (κ3) is 5.28. The lowest BCUT2D eigenvalue weighted by molar-refractivity contribution is -0.124. The molecule has 0 saturated carbocycles. The molecule has 0 aliphatic heterocycles. The fourth-order valence-electron chi connectivity index (χ4n) is 3.60. The fourth-order valence-corrected chi connectivity index (χ4v) is 3.98. The zero-order valence-corrected chi connectivity index (χ0v) is 19.6. The molecule has 0 amide bonds. The summed E-state index contributed by atoms with van der Waals surface area (Å²) in [5, 5.41) is 20.9. The summed E-state index contributed by atoms with van der Waals surface area (Å²) >= 11 is 12.3. The Morgan fingerprint density at radius 1 is 1.15 bits per heavy atom. The summed E-state index contributed by atoms with van der Waals surface area (Å²) in [7, 11) is 0. The lowest BCUT2D eigenvalue weighted by Crippen LogP contribution is -2.44. The molecule has 0 aliphatic carbocycles. The Balaban J connectivity index is 1.50. The molecular weight excluding hydrogens is 487 g/mol. The first kappa shape index (κ1) is 24.3. The molecule has 4 aromatic rings. The second kappa shape index (κ2) is 10.2. The first-order chi connectivity index (χ1) is 16.3.